The lowest BCUT2D eigenvalue weighted by Crippen LogP contribution is -1.93. The van der Waals surface area contributed by atoms with Crippen molar-refractivity contribution in [3.63, 3.8) is 0 Å². The molecule has 0 saturated heterocycles. The topological polar surface area (TPSA) is 0 Å². The van der Waals surface area contributed by atoms with Gasteiger partial charge >= 0.3 is 0 Å². The van der Waals surface area contributed by atoms with Gasteiger partial charge in [0.1, 0.15) is 0 Å². The van der Waals surface area contributed by atoms with Crippen LogP contribution in [-0.4, -0.2) is 0 Å². The van der Waals surface area contributed by atoms with E-state index in [1.165, 1.54) is 16.7 Å². The monoisotopic (exact) mass is 256 g/mol. The van der Waals surface area contributed by atoms with Gasteiger partial charge in [0.05, 0.1) is 0 Å². The summed E-state index contributed by atoms with van der Waals surface area (Å²) in [6.07, 6.45) is 11.8. The molecule has 0 heterocycles. The molecule has 0 spiro atoms. The Balaban J connectivity index is 1.72. The SMILES string of the molecule is [c]1ccccc1C1=CC=CC(=CCc2ccccc2)[CH]1. The Kier molecular flexibility index (Phi) is 3.93. The third-order valence-corrected chi connectivity index (χ3v) is 3.32. The molecule has 0 unspecified atom stereocenters. The number of hydrogen-bond acceptors (Lipinski definition) is 0. The maximum atomic E-state index is 3.27. The second kappa shape index (κ2) is 6.21. The van der Waals surface area contributed by atoms with Gasteiger partial charge in [-0.2, -0.15) is 0 Å². The number of rotatable bonds is 3. The summed E-state index contributed by atoms with van der Waals surface area (Å²) >= 11 is 0. The fourth-order valence-electron chi connectivity index (χ4n) is 2.26. The van der Waals surface area contributed by atoms with Crippen LogP contribution in [0.25, 0.3) is 5.57 Å². The van der Waals surface area contributed by atoms with Crippen molar-refractivity contribution in [2.24, 2.45) is 0 Å². The van der Waals surface area contributed by atoms with Crippen LogP contribution in [0.2, 0.25) is 0 Å². The van der Waals surface area contributed by atoms with Crippen molar-refractivity contribution in [1.82, 2.24) is 0 Å². The van der Waals surface area contributed by atoms with Crippen molar-refractivity contribution in [3.05, 3.63) is 108 Å². The quantitative estimate of drug-likeness (QED) is 0.739. The molecule has 0 saturated carbocycles. The van der Waals surface area contributed by atoms with E-state index in [-0.39, 0.29) is 0 Å². The Labute approximate surface area is 120 Å². The molecule has 0 fully saturated rings. The molecule has 20 heavy (non-hydrogen) atoms. The van der Waals surface area contributed by atoms with Crippen molar-refractivity contribution in [2.45, 2.75) is 6.42 Å². The second-order valence-electron chi connectivity index (χ2n) is 4.80. The van der Waals surface area contributed by atoms with Crippen LogP contribution in [0.3, 0.4) is 0 Å². The fourth-order valence-corrected chi connectivity index (χ4v) is 2.26. The minimum absolute atomic E-state index is 0.961. The highest BCUT2D eigenvalue weighted by atomic mass is 14.1. The van der Waals surface area contributed by atoms with Crippen LogP contribution in [0.4, 0.5) is 0 Å². The van der Waals surface area contributed by atoms with Gasteiger partial charge in [-0.1, -0.05) is 78.9 Å². The lowest BCUT2D eigenvalue weighted by atomic mass is 9.93. The number of hydrogen-bond donors (Lipinski definition) is 0. The van der Waals surface area contributed by atoms with E-state index in [0.717, 1.165) is 12.0 Å². The number of allylic oxidation sites excluding steroid dienone is 6. The van der Waals surface area contributed by atoms with E-state index in [0.29, 0.717) is 0 Å². The lowest BCUT2D eigenvalue weighted by Gasteiger charge is -2.11. The Morgan fingerprint density at radius 3 is 2.60 bits per heavy atom. The Morgan fingerprint density at radius 2 is 1.80 bits per heavy atom. The zero-order chi connectivity index (χ0) is 13.6. The molecule has 0 N–H and O–H groups in total. The standard InChI is InChI=1S/C20H16/c1-3-8-17(9-4-1)14-15-18-10-7-13-20(16-18)19-11-5-2-6-12-19/h1-11,13,15-16H,14H2. The van der Waals surface area contributed by atoms with Gasteiger partial charge in [0.25, 0.3) is 0 Å². The summed E-state index contributed by atoms with van der Waals surface area (Å²) in [4.78, 5) is 0. The van der Waals surface area contributed by atoms with E-state index in [1.54, 1.807) is 0 Å². The summed E-state index contributed by atoms with van der Waals surface area (Å²) < 4.78 is 0. The van der Waals surface area contributed by atoms with Gasteiger partial charge in [-0.15, -0.1) is 0 Å². The summed E-state index contributed by atoms with van der Waals surface area (Å²) in [5.74, 6) is 0. The summed E-state index contributed by atoms with van der Waals surface area (Å²) in [6, 6.07) is 21.9. The van der Waals surface area contributed by atoms with Crippen molar-refractivity contribution in [3.8, 4) is 0 Å². The molecule has 1 aliphatic rings. The van der Waals surface area contributed by atoms with Crippen LogP contribution >= 0.6 is 0 Å². The molecular weight excluding hydrogens is 240 g/mol. The highest BCUT2D eigenvalue weighted by Crippen LogP contribution is 2.25. The lowest BCUT2D eigenvalue weighted by molar-refractivity contribution is 1.25. The average Bonchev–Trinajstić information content (AvgIpc) is 2.55. The molecule has 0 bridgehead atoms. The van der Waals surface area contributed by atoms with E-state index in [1.807, 2.05) is 18.2 Å². The van der Waals surface area contributed by atoms with Gasteiger partial charge < -0.3 is 0 Å². The van der Waals surface area contributed by atoms with E-state index in [4.69, 9.17) is 0 Å². The minimum Gasteiger partial charge on any atom is -0.0763 e. The zero-order valence-electron chi connectivity index (χ0n) is 11.3. The first kappa shape index (κ1) is 12.7. The maximum absolute atomic E-state index is 3.27. The molecule has 2 aromatic carbocycles. The van der Waals surface area contributed by atoms with Crippen LogP contribution in [-0.2, 0) is 6.42 Å². The molecule has 0 aliphatic heterocycles. The Bertz CT molecular complexity index is 643. The summed E-state index contributed by atoms with van der Waals surface area (Å²) in [5.41, 5.74) is 4.95. The van der Waals surface area contributed by atoms with Gasteiger partial charge in [-0.05, 0) is 34.8 Å². The van der Waals surface area contributed by atoms with Crippen LogP contribution in [0.5, 0.6) is 0 Å². The maximum Gasteiger partial charge on any atom is 0.0202 e. The predicted octanol–water partition coefficient (Wildman–Crippen LogP) is 4.81. The predicted molar refractivity (Wildman–Crippen MR) is 84.9 cm³/mol. The first-order valence-electron chi connectivity index (χ1n) is 6.86. The van der Waals surface area contributed by atoms with E-state index >= 15 is 0 Å². The average molecular weight is 256 g/mol. The third kappa shape index (κ3) is 3.16. The highest BCUT2D eigenvalue weighted by molar-refractivity contribution is 5.78. The van der Waals surface area contributed by atoms with Crippen LogP contribution in [0, 0.1) is 12.5 Å². The molecule has 0 aromatic heterocycles. The first-order chi connectivity index (χ1) is 9.92. The summed E-state index contributed by atoms with van der Waals surface area (Å²) in [6.45, 7) is 0. The summed E-state index contributed by atoms with van der Waals surface area (Å²) in [5, 5.41) is 0. The number of benzene rings is 2. The molecule has 1 aliphatic carbocycles. The van der Waals surface area contributed by atoms with E-state index < -0.39 is 0 Å². The Hall–Kier alpha value is -2.34. The molecule has 0 heteroatoms. The molecule has 0 amide bonds. The van der Waals surface area contributed by atoms with Gasteiger partial charge in [0.2, 0.25) is 0 Å². The minimum atomic E-state index is 0.961. The van der Waals surface area contributed by atoms with Crippen molar-refractivity contribution in [2.75, 3.05) is 0 Å². The van der Waals surface area contributed by atoms with Crippen LogP contribution in [0.15, 0.2) is 84.5 Å². The molecule has 0 nitrogen and oxygen atoms in total. The fraction of sp³-hybridized carbons (Fsp3) is 0.0500. The van der Waals surface area contributed by atoms with E-state index in [2.05, 4.69) is 73.2 Å². The molecule has 96 valence electrons. The summed E-state index contributed by atoms with van der Waals surface area (Å²) in [7, 11) is 0. The molecule has 2 radical (unpaired) electrons. The normalized spacial score (nSPS) is 16.2. The Morgan fingerprint density at radius 1 is 0.950 bits per heavy atom. The van der Waals surface area contributed by atoms with Gasteiger partial charge in [0, 0.05) is 6.42 Å². The van der Waals surface area contributed by atoms with Crippen molar-refractivity contribution >= 4 is 5.57 Å². The first-order valence-corrected chi connectivity index (χ1v) is 6.86. The van der Waals surface area contributed by atoms with Crippen molar-refractivity contribution < 1.29 is 0 Å². The zero-order valence-corrected chi connectivity index (χ0v) is 11.3. The highest BCUT2D eigenvalue weighted by Gasteiger charge is 2.06. The van der Waals surface area contributed by atoms with Crippen LogP contribution < -0.4 is 0 Å². The third-order valence-electron chi connectivity index (χ3n) is 3.32. The molecule has 3 rings (SSSR count). The van der Waals surface area contributed by atoms with Crippen molar-refractivity contribution in [1.29, 1.82) is 0 Å². The van der Waals surface area contributed by atoms with Gasteiger partial charge in [-0.3, -0.25) is 0 Å². The molecular formula is C20H16. The second-order valence-corrected chi connectivity index (χ2v) is 4.80. The van der Waals surface area contributed by atoms with Gasteiger partial charge in [0.15, 0.2) is 0 Å². The largest absolute Gasteiger partial charge is 0.0763 e. The molecule has 0 atom stereocenters. The smallest absolute Gasteiger partial charge is 0.0202 e. The van der Waals surface area contributed by atoms with E-state index in [9.17, 15) is 0 Å². The van der Waals surface area contributed by atoms with Crippen LogP contribution in [0.1, 0.15) is 11.1 Å². The van der Waals surface area contributed by atoms with Gasteiger partial charge in [-0.25, -0.2) is 0 Å². The molecule has 2 aromatic rings.